The van der Waals surface area contributed by atoms with Crippen LogP contribution in [0.15, 0.2) is 18.2 Å². The molecule has 1 aromatic heterocycles. The molecule has 40 heavy (non-hydrogen) atoms. The van der Waals surface area contributed by atoms with Crippen molar-refractivity contribution in [2.45, 2.75) is 78.3 Å². The number of aromatic hydroxyl groups is 1. The molecule has 0 radical (unpaired) electrons. The van der Waals surface area contributed by atoms with Crippen LogP contribution in [0.2, 0.25) is 0 Å². The van der Waals surface area contributed by atoms with Gasteiger partial charge in [-0.3, -0.25) is 4.79 Å². The van der Waals surface area contributed by atoms with Crippen molar-refractivity contribution in [2.75, 3.05) is 32.2 Å². The molecule has 0 bridgehead atoms. The Kier molecular flexibility index (Phi) is 16.3. The second-order valence-corrected chi connectivity index (χ2v) is 9.24. The van der Waals surface area contributed by atoms with Crippen LogP contribution in [0.4, 0.5) is 19.0 Å². The Balaban J connectivity index is 0.00000146. The number of benzene rings is 1. The standard InChI is InChI=1S/C26H35F3N4O2.C3H6O2/c1-4-6-7-8-10-18(5-2)17-31-25-22(16-30)20(11-9-14-35-3)24(32-33-25)21-13-12-19(15-23(21)34)26(27,28)29;1-2-5-3-4/h12-13,15,18,34H,4-11,14,17H2,1-3H3,(H,31,33);3H,2H2,1H3. The minimum Gasteiger partial charge on any atom is -0.507 e. The molecule has 0 amide bonds. The number of phenolic OH excluding ortho intramolecular Hbond substituents is 1. The number of methoxy groups -OCH3 is 1. The Morgan fingerprint density at radius 2 is 1.90 bits per heavy atom. The molecule has 0 aliphatic carbocycles. The van der Waals surface area contributed by atoms with Crippen molar-refractivity contribution in [3.63, 3.8) is 0 Å². The molecule has 11 heteroatoms. The summed E-state index contributed by atoms with van der Waals surface area (Å²) in [6, 6.07) is 4.91. The molecule has 2 rings (SSSR count). The average Bonchev–Trinajstić information content (AvgIpc) is 2.93. The maximum absolute atomic E-state index is 13.0. The largest absolute Gasteiger partial charge is 0.507 e. The first-order valence-electron chi connectivity index (χ1n) is 13.7. The van der Waals surface area contributed by atoms with E-state index in [2.05, 4.69) is 40.2 Å². The zero-order valence-corrected chi connectivity index (χ0v) is 23.8. The molecule has 0 aliphatic heterocycles. The van der Waals surface area contributed by atoms with E-state index in [9.17, 15) is 28.3 Å². The van der Waals surface area contributed by atoms with Gasteiger partial charge in [-0.05, 0) is 50.3 Å². The van der Waals surface area contributed by atoms with Crippen molar-refractivity contribution < 1.29 is 32.5 Å². The van der Waals surface area contributed by atoms with Crippen LogP contribution in [-0.4, -0.2) is 48.6 Å². The number of hydrogen-bond donors (Lipinski definition) is 2. The fourth-order valence-electron chi connectivity index (χ4n) is 4.10. The molecule has 1 unspecified atom stereocenters. The summed E-state index contributed by atoms with van der Waals surface area (Å²) in [5, 5.41) is 32.0. The van der Waals surface area contributed by atoms with Gasteiger partial charge in [0.05, 0.1) is 12.2 Å². The van der Waals surface area contributed by atoms with Crippen LogP contribution < -0.4 is 5.32 Å². The number of nitriles is 1. The third kappa shape index (κ3) is 11.4. The van der Waals surface area contributed by atoms with Crippen LogP contribution in [0.1, 0.15) is 82.4 Å². The number of unbranched alkanes of at least 4 members (excludes halogenated alkanes) is 3. The van der Waals surface area contributed by atoms with E-state index in [1.165, 1.54) is 25.3 Å². The number of alkyl halides is 3. The van der Waals surface area contributed by atoms with Crippen LogP contribution in [0.25, 0.3) is 11.3 Å². The number of hydrogen-bond acceptors (Lipinski definition) is 8. The number of rotatable bonds is 16. The van der Waals surface area contributed by atoms with Gasteiger partial charge in [0.1, 0.15) is 23.1 Å². The van der Waals surface area contributed by atoms with Crippen molar-refractivity contribution >= 4 is 12.3 Å². The summed E-state index contributed by atoms with van der Waals surface area (Å²) in [7, 11) is 1.57. The van der Waals surface area contributed by atoms with E-state index in [1.54, 1.807) is 14.0 Å². The molecule has 8 nitrogen and oxygen atoms in total. The number of aromatic nitrogens is 2. The first kappa shape index (κ1) is 34.6. The molecule has 1 aromatic carbocycles. The number of phenols is 1. The SMILES string of the molecule is CCCCCCC(CC)CNc1nnc(-c2ccc(C(F)(F)F)cc2O)c(CCCOC)c1C#N.CCOC=O. The number of ether oxygens (including phenoxy) is 2. The maximum atomic E-state index is 13.0. The molecule has 1 atom stereocenters. The molecule has 0 aliphatic rings. The fraction of sp³-hybridized carbons (Fsp3) is 0.586. The van der Waals surface area contributed by atoms with Crippen LogP contribution in [0.3, 0.4) is 0 Å². The monoisotopic (exact) mass is 566 g/mol. The number of carbonyl (C=O) groups excluding carboxylic acids is 1. The zero-order chi connectivity index (χ0) is 30.0. The smallest absolute Gasteiger partial charge is 0.416 e. The highest BCUT2D eigenvalue weighted by Gasteiger charge is 2.31. The predicted octanol–water partition coefficient (Wildman–Crippen LogP) is 6.91. The van der Waals surface area contributed by atoms with E-state index in [0.29, 0.717) is 62.4 Å². The number of carbonyl (C=O) groups is 1. The fourth-order valence-corrected chi connectivity index (χ4v) is 4.10. The normalized spacial score (nSPS) is 11.7. The lowest BCUT2D eigenvalue weighted by Crippen LogP contribution is -2.17. The second kappa shape index (κ2) is 18.8. The third-order valence-corrected chi connectivity index (χ3v) is 6.38. The summed E-state index contributed by atoms with van der Waals surface area (Å²) in [6.45, 7) is 8.06. The highest BCUT2D eigenvalue weighted by Crippen LogP contribution is 2.38. The van der Waals surface area contributed by atoms with Gasteiger partial charge in [-0.1, -0.05) is 46.0 Å². The summed E-state index contributed by atoms with van der Waals surface area (Å²) >= 11 is 0. The van der Waals surface area contributed by atoms with Gasteiger partial charge in [-0.15, -0.1) is 10.2 Å². The van der Waals surface area contributed by atoms with Crippen molar-refractivity contribution in [1.29, 1.82) is 5.26 Å². The van der Waals surface area contributed by atoms with E-state index in [0.717, 1.165) is 25.3 Å². The Hall–Kier alpha value is -3.39. The first-order chi connectivity index (χ1) is 19.2. The highest BCUT2D eigenvalue weighted by molar-refractivity contribution is 5.74. The molecule has 0 fully saturated rings. The van der Waals surface area contributed by atoms with Crippen LogP contribution in [0, 0.1) is 17.2 Å². The minimum absolute atomic E-state index is 0.100. The molecular weight excluding hydrogens is 525 g/mol. The number of anilines is 1. The van der Waals surface area contributed by atoms with E-state index in [4.69, 9.17) is 4.74 Å². The molecule has 0 saturated heterocycles. The molecule has 2 aromatic rings. The van der Waals surface area contributed by atoms with Crippen LogP contribution >= 0.6 is 0 Å². The van der Waals surface area contributed by atoms with Crippen LogP contribution in [-0.2, 0) is 26.9 Å². The van der Waals surface area contributed by atoms with Gasteiger partial charge >= 0.3 is 6.18 Å². The Morgan fingerprint density at radius 1 is 1.15 bits per heavy atom. The summed E-state index contributed by atoms with van der Waals surface area (Å²) < 4.78 is 48.4. The lowest BCUT2D eigenvalue weighted by molar-refractivity contribution is -0.137. The van der Waals surface area contributed by atoms with Gasteiger partial charge in [-0.2, -0.15) is 18.4 Å². The van der Waals surface area contributed by atoms with E-state index < -0.39 is 17.5 Å². The van der Waals surface area contributed by atoms with Gasteiger partial charge < -0.3 is 19.9 Å². The zero-order valence-electron chi connectivity index (χ0n) is 23.8. The molecule has 0 spiro atoms. The van der Waals surface area contributed by atoms with Crippen LogP contribution in [0.5, 0.6) is 5.75 Å². The molecule has 0 saturated carbocycles. The Bertz CT molecular complexity index is 1070. The predicted molar refractivity (Wildman–Crippen MR) is 148 cm³/mol. The maximum Gasteiger partial charge on any atom is 0.416 e. The Morgan fingerprint density at radius 3 is 2.42 bits per heavy atom. The minimum atomic E-state index is -4.58. The van der Waals surface area contributed by atoms with Gasteiger partial charge in [-0.25, -0.2) is 0 Å². The lowest BCUT2D eigenvalue weighted by atomic mass is 9.96. The van der Waals surface area contributed by atoms with Gasteiger partial charge in [0.25, 0.3) is 6.47 Å². The summed E-state index contributed by atoms with van der Waals surface area (Å²) in [5.41, 5.74) is 0.139. The molecule has 222 valence electrons. The Labute approximate surface area is 234 Å². The quantitative estimate of drug-likeness (QED) is 0.166. The first-order valence-corrected chi connectivity index (χ1v) is 13.7. The number of halogens is 3. The van der Waals surface area contributed by atoms with E-state index in [1.807, 2.05) is 0 Å². The van der Waals surface area contributed by atoms with Gasteiger partial charge in [0.15, 0.2) is 5.82 Å². The van der Waals surface area contributed by atoms with Crippen molar-refractivity contribution in [1.82, 2.24) is 10.2 Å². The van der Waals surface area contributed by atoms with Crippen molar-refractivity contribution in [3.05, 3.63) is 34.9 Å². The number of nitrogens with one attached hydrogen (secondary N) is 1. The van der Waals surface area contributed by atoms with Crippen molar-refractivity contribution in [2.24, 2.45) is 5.92 Å². The van der Waals surface area contributed by atoms with Crippen molar-refractivity contribution in [3.8, 4) is 23.1 Å². The van der Waals surface area contributed by atoms with Gasteiger partial charge in [0.2, 0.25) is 0 Å². The molecular formula is C29H41F3N4O4. The van der Waals surface area contributed by atoms with E-state index >= 15 is 0 Å². The summed E-state index contributed by atoms with van der Waals surface area (Å²) in [5.74, 6) is 0.211. The topological polar surface area (TPSA) is 117 Å². The molecule has 1 heterocycles. The third-order valence-electron chi connectivity index (χ3n) is 6.38. The van der Waals surface area contributed by atoms with Gasteiger partial charge in [0, 0.05) is 31.4 Å². The summed E-state index contributed by atoms with van der Waals surface area (Å²) in [6.07, 6.45) is 3.21. The summed E-state index contributed by atoms with van der Waals surface area (Å²) in [4.78, 5) is 9.18. The average molecular weight is 567 g/mol. The second-order valence-electron chi connectivity index (χ2n) is 9.24. The molecule has 2 N–H and O–H groups in total. The lowest BCUT2D eigenvalue weighted by Gasteiger charge is -2.19. The number of nitrogens with zero attached hydrogens (tertiary/aromatic N) is 3. The van der Waals surface area contributed by atoms with E-state index in [-0.39, 0.29) is 16.8 Å². The highest BCUT2D eigenvalue weighted by atomic mass is 19.4.